The highest BCUT2D eigenvalue weighted by atomic mass is 35.5. The van der Waals surface area contributed by atoms with E-state index in [0.29, 0.717) is 28.1 Å². The molecule has 0 bridgehead atoms. The minimum atomic E-state index is -4.63. The predicted octanol–water partition coefficient (Wildman–Crippen LogP) is 13.9. The fraction of sp³-hybridized carbons (Fsp3) is 0.0667. The number of hydrogen-bond acceptors (Lipinski definition) is 9. The number of para-hydroxylation sites is 1. The third-order valence-corrected chi connectivity index (χ3v) is 13.0. The molecule has 0 saturated carbocycles. The van der Waals surface area contributed by atoms with Gasteiger partial charge in [-0.3, -0.25) is 19.4 Å². The molecule has 0 radical (unpaired) electrons. The summed E-state index contributed by atoms with van der Waals surface area (Å²) in [5, 5.41) is 10.6. The SMILES string of the molecule is Cc1cc(Oc2ccc(NS(=O)(=O)c3cc(Cl)cc(Cl)c3)c(F)c2)c2cccc(C(F)(F)F)c2n1.Cc1cc(Oc2ccc(NS(=O)(=O)c3cc(Cl)cc(Cl)c3O)cc2)c2cc(F)ccc2n1. The van der Waals surface area contributed by atoms with Gasteiger partial charge in [-0.05, 0) is 111 Å². The molecule has 0 aliphatic heterocycles. The molecule has 11 nitrogen and oxygen atoms in total. The number of anilines is 2. The molecule has 6 aromatic carbocycles. The number of phenols is 1. The van der Waals surface area contributed by atoms with Gasteiger partial charge in [0.15, 0.2) is 11.6 Å². The molecule has 0 atom stereocenters. The Labute approximate surface area is 398 Å². The van der Waals surface area contributed by atoms with Gasteiger partial charge in [-0.25, -0.2) is 25.6 Å². The minimum absolute atomic E-state index is 0.0277. The molecule has 0 unspecified atom stereocenters. The van der Waals surface area contributed by atoms with Crippen LogP contribution in [0, 0.1) is 25.5 Å². The molecule has 22 heteroatoms. The van der Waals surface area contributed by atoms with E-state index in [-0.39, 0.29) is 64.5 Å². The lowest BCUT2D eigenvalue weighted by Crippen LogP contribution is -2.14. The Balaban J connectivity index is 0.000000200. The zero-order valence-electron chi connectivity index (χ0n) is 34.1. The van der Waals surface area contributed by atoms with Crippen LogP contribution < -0.4 is 18.9 Å². The Morgan fingerprint density at radius 3 is 1.90 bits per heavy atom. The lowest BCUT2D eigenvalue weighted by Gasteiger charge is -2.15. The third-order valence-electron chi connectivity index (χ3n) is 9.27. The number of ether oxygens (including phenoxy) is 2. The van der Waals surface area contributed by atoms with Gasteiger partial charge in [-0.2, -0.15) is 13.2 Å². The fourth-order valence-corrected chi connectivity index (χ4v) is 9.97. The number of fused-ring (bicyclic) bond motifs is 2. The van der Waals surface area contributed by atoms with Crippen molar-refractivity contribution >= 4 is 99.6 Å². The smallest absolute Gasteiger partial charge is 0.418 e. The average Bonchev–Trinajstić information content (AvgIpc) is 3.23. The molecule has 0 spiro atoms. The van der Waals surface area contributed by atoms with Gasteiger partial charge in [-0.1, -0.05) is 52.5 Å². The van der Waals surface area contributed by atoms with E-state index in [1.54, 1.807) is 31.2 Å². The number of rotatable bonds is 10. The number of sulfonamides is 2. The number of alkyl halides is 3. The third kappa shape index (κ3) is 11.5. The lowest BCUT2D eigenvalue weighted by atomic mass is 10.1. The summed E-state index contributed by atoms with van der Waals surface area (Å²) in [6, 6.07) is 26.2. The number of halogens is 9. The Morgan fingerprint density at radius 2 is 1.24 bits per heavy atom. The first-order valence-electron chi connectivity index (χ1n) is 19.0. The van der Waals surface area contributed by atoms with E-state index in [9.17, 15) is 43.9 Å². The quantitative estimate of drug-likeness (QED) is 0.113. The van der Waals surface area contributed by atoms with Crippen LogP contribution in [-0.2, 0) is 26.2 Å². The van der Waals surface area contributed by atoms with E-state index >= 15 is 0 Å². The number of aromatic hydroxyl groups is 1. The maximum absolute atomic E-state index is 14.8. The summed E-state index contributed by atoms with van der Waals surface area (Å²) in [5.41, 5.74) is 0.141. The highest BCUT2D eigenvalue weighted by Crippen LogP contribution is 2.40. The number of hydrogen-bond donors (Lipinski definition) is 3. The molecule has 346 valence electrons. The molecule has 0 amide bonds. The largest absolute Gasteiger partial charge is 0.505 e. The van der Waals surface area contributed by atoms with E-state index in [1.165, 1.54) is 67.6 Å². The first-order valence-corrected chi connectivity index (χ1v) is 23.4. The zero-order valence-corrected chi connectivity index (χ0v) is 38.7. The Morgan fingerprint density at radius 1 is 0.627 bits per heavy atom. The van der Waals surface area contributed by atoms with Gasteiger partial charge in [0.1, 0.15) is 33.7 Å². The van der Waals surface area contributed by atoms with E-state index in [1.807, 2.05) is 0 Å². The van der Waals surface area contributed by atoms with Crippen molar-refractivity contribution < 1.29 is 53.4 Å². The first kappa shape index (κ1) is 48.8. The normalized spacial score (nSPS) is 11.8. The summed E-state index contributed by atoms with van der Waals surface area (Å²) in [6.45, 7) is 3.30. The molecular weight excluding hydrogens is 1010 g/mol. The number of phenolic OH excluding ortho intramolecular Hbond substituents is 1. The second-order valence-corrected chi connectivity index (χ2v) is 19.4. The number of aryl methyl sites for hydroxylation is 2. The van der Waals surface area contributed by atoms with E-state index in [0.717, 1.165) is 36.4 Å². The minimum Gasteiger partial charge on any atom is -0.505 e. The van der Waals surface area contributed by atoms with Crippen molar-refractivity contribution in [3.05, 3.63) is 170 Å². The van der Waals surface area contributed by atoms with Crippen LogP contribution in [-0.4, -0.2) is 31.9 Å². The molecule has 2 aromatic heterocycles. The van der Waals surface area contributed by atoms with Crippen LogP contribution in [0.4, 0.5) is 33.3 Å². The summed E-state index contributed by atoms with van der Waals surface area (Å²) < 4.78 is 135. The first-order chi connectivity index (χ1) is 31.4. The number of benzene rings is 6. The van der Waals surface area contributed by atoms with Crippen molar-refractivity contribution in [1.29, 1.82) is 0 Å². The number of aromatic nitrogens is 2. The molecule has 0 aliphatic rings. The van der Waals surface area contributed by atoms with E-state index < -0.39 is 54.1 Å². The Hall–Kier alpha value is -6.15. The lowest BCUT2D eigenvalue weighted by molar-refractivity contribution is -0.136. The summed E-state index contributed by atoms with van der Waals surface area (Å²) in [7, 11) is -8.38. The Kier molecular flexibility index (Phi) is 14.0. The fourth-order valence-electron chi connectivity index (χ4n) is 6.36. The van der Waals surface area contributed by atoms with E-state index in [4.69, 9.17) is 55.9 Å². The number of nitrogens with one attached hydrogen (secondary N) is 2. The number of pyridine rings is 2. The zero-order chi connectivity index (χ0) is 48.6. The van der Waals surface area contributed by atoms with Gasteiger partial charge >= 0.3 is 6.18 Å². The molecule has 2 heterocycles. The van der Waals surface area contributed by atoms with Gasteiger partial charge in [0, 0.05) is 61.1 Å². The van der Waals surface area contributed by atoms with E-state index in [2.05, 4.69) is 19.4 Å². The van der Waals surface area contributed by atoms with Gasteiger partial charge in [0.2, 0.25) is 0 Å². The molecule has 8 rings (SSSR count). The summed E-state index contributed by atoms with van der Waals surface area (Å²) in [4.78, 5) is 7.63. The van der Waals surface area contributed by atoms with Crippen LogP contribution in [0.25, 0.3) is 21.8 Å². The second kappa shape index (κ2) is 19.2. The van der Waals surface area contributed by atoms with Gasteiger partial charge in [0.25, 0.3) is 20.0 Å². The van der Waals surface area contributed by atoms with Crippen LogP contribution in [0.5, 0.6) is 28.7 Å². The number of nitrogens with zero attached hydrogens (tertiary/aromatic N) is 2. The van der Waals surface area contributed by atoms with Crippen LogP contribution in [0.3, 0.4) is 0 Å². The summed E-state index contributed by atoms with van der Waals surface area (Å²) in [6.07, 6.45) is -4.63. The van der Waals surface area contributed by atoms with Crippen molar-refractivity contribution in [3.8, 4) is 28.7 Å². The van der Waals surface area contributed by atoms with Crippen LogP contribution in [0.1, 0.15) is 17.0 Å². The highest BCUT2D eigenvalue weighted by molar-refractivity contribution is 7.93. The van der Waals surface area contributed by atoms with Crippen LogP contribution in [0.15, 0.2) is 131 Å². The molecule has 0 saturated heterocycles. The maximum Gasteiger partial charge on any atom is 0.418 e. The van der Waals surface area contributed by atoms with Gasteiger partial charge in [-0.15, -0.1) is 0 Å². The Bertz CT molecular complexity index is 3440. The molecule has 0 aliphatic carbocycles. The van der Waals surface area contributed by atoms with Crippen molar-refractivity contribution in [2.75, 3.05) is 9.44 Å². The van der Waals surface area contributed by atoms with Crippen LogP contribution in [0.2, 0.25) is 20.1 Å². The van der Waals surface area contributed by atoms with Gasteiger partial charge in [0.05, 0.1) is 32.2 Å². The molecule has 3 N–H and O–H groups in total. The summed E-state index contributed by atoms with van der Waals surface area (Å²) >= 11 is 23.4. The molecule has 8 aromatic rings. The molecular formula is C45H29Cl4F5N4O7S2. The predicted molar refractivity (Wildman–Crippen MR) is 247 cm³/mol. The monoisotopic (exact) mass is 1040 g/mol. The summed E-state index contributed by atoms with van der Waals surface area (Å²) in [5.74, 6) is -1.22. The van der Waals surface area contributed by atoms with Crippen molar-refractivity contribution in [1.82, 2.24) is 9.97 Å². The standard InChI is InChI=1S/C23H14Cl2F4N2O3S.C22H15Cl2FN2O4S/c1-12-7-21(17-3-2-4-18(22(17)30-12)23(27,28)29)34-15-5-6-20(19(26)11-15)31-35(32,33)16-9-13(24)8-14(25)10-16;1-12-8-20(17-11-14(25)2-7-19(17)26-12)31-16-5-3-15(4-6-16)27-32(29,30)21-10-13(23)9-18(24)22(21)28/h2-11,31H,1H3;2-11,27-28H,1H3. The van der Waals surface area contributed by atoms with Crippen LogP contribution >= 0.6 is 46.4 Å². The second-order valence-electron chi connectivity index (χ2n) is 14.3. The van der Waals surface area contributed by atoms with Crippen molar-refractivity contribution in [2.24, 2.45) is 0 Å². The van der Waals surface area contributed by atoms with Crippen molar-refractivity contribution in [2.45, 2.75) is 29.8 Å². The maximum atomic E-state index is 14.8. The highest BCUT2D eigenvalue weighted by Gasteiger charge is 2.34. The molecule has 67 heavy (non-hydrogen) atoms. The average molecular weight is 1040 g/mol. The topological polar surface area (TPSA) is 157 Å². The van der Waals surface area contributed by atoms with Gasteiger partial charge < -0.3 is 14.6 Å². The molecule has 0 fully saturated rings. The van der Waals surface area contributed by atoms with Crippen molar-refractivity contribution in [3.63, 3.8) is 0 Å².